The molecule has 1 saturated heterocycles. The van der Waals surface area contributed by atoms with Crippen LogP contribution in [0, 0.1) is 5.92 Å². The fourth-order valence-electron chi connectivity index (χ4n) is 2.77. The smallest absolute Gasteiger partial charge is 0.320 e. The van der Waals surface area contributed by atoms with Gasteiger partial charge in [0.25, 0.3) is 0 Å². The highest BCUT2D eigenvalue weighted by atomic mass is 16.4. The normalized spacial score (nSPS) is 23.8. The molecule has 0 bridgehead atoms. The number of aliphatic hydroxyl groups is 1. The molecule has 2 N–H and O–H groups in total. The molecular weight excluding hydrogens is 248 g/mol. The number of piperidine rings is 1. The lowest BCUT2D eigenvalue weighted by molar-refractivity contribution is -0.143. The number of aliphatic hydroxyl groups excluding tert-OH is 1. The Balaban J connectivity index is 1.97. The number of urea groups is 1. The minimum absolute atomic E-state index is 0.0432. The molecule has 108 valence electrons. The summed E-state index contributed by atoms with van der Waals surface area (Å²) in [5.41, 5.74) is 0. The molecule has 0 unspecified atom stereocenters. The van der Waals surface area contributed by atoms with Crippen LogP contribution in [-0.2, 0) is 4.79 Å². The summed E-state index contributed by atoms with van der Waals surface area (Å²) in [6, 6.07) is 0.120. The van der Waals surface area contributed by atoms with E-state index in [1.54, 1.807) is 9.80 Å². The maximum absolute atomic E-state index is 12.4. The van der Waals surface area contributed by atoms with Crippen molar-refractivity contribution >= 4 is 12.0 Å². The molecule has 0 aromatic carbocycles. The number of hydrogen-bond donors (Lipinski definition) is 2. The van der Waals surface area contributed by atoms with Crippen LogP contribution < -0.4 is 0 Å². The van der Waals surface area contributed by atoms with Crippen molar-refractivity contribution < 1.29 is 19.8 Å². The van der Waals surface area contributed by atoms with Gasteiger partial charge in [0.05, 0.1) is 12.5 Å². The minimum atomic E-state index is -0.824. The zero-order valence-electron chi connectivity index (χ0n) is 11.1. The second-order valence-electron chi connectivity index (χ2n) is 5.41. The van der Waals surface area contributed by atoms with E-state index in [2.05, 4.69) is 0 Å². The fourth-order valence-corrected chi connectivity index (χ4v) is 2.77. The summed E-state index contributed by atoms with van der Waals surface area (Å²) in [6.45, 7) is 1.22. The molecule has 0 radical (unpaired) electrons. The van der Waals surface area contributed by atoms with Crippen LogP contribution in [0.25, 0.3) is 0 Å². The summed E-state index contributed by atoms with van der Waals surface area (Å²) in [5, 5.41) is 18.1. The van der Waals surface area contributed by atoms with Gasteiger partial charge in [0.15, 0.2) is 0 Å². The van der Waals surface area contributed by atoms with Crippen LogP contribution in [0.4, 0.5) is 4.79 Å². The SMILES string of the molecule is O=C(O)[C@@H]1CCCN(C(=O)N(CCO)C2CCC2)C1. The number of hydrogen-bond acceptors (Lipinski definition) is 3. The Morgan fingerprint density at radius 1 is 1.21 bits per heavy atom. The highest BCUT2D eigenvalue weighted by molar-refractivity contribution is 5.77. The van der Waals surface area contributed by atoms with Crippen molar-refractivity contribution in [3.63, 3.8) is 0 Å². The van der Waals surface area contributed by atoms with E-state index >= 15 is 0 Å². The van der Waals surface area contributed by atoms with Gasteiger partial charge in [0.1, 0.15) is 0 Å². The molecule has 2 amide bonds. The van der Waals surface area contributed by atoms with E-state index in [1.807, 2.05) is 0 Å². The van der Waals surface area contributed by atoms with Crippen LogP contribution in [0.2, 0.25) is 0 Å². The quantitative estimate of drug-likeness (QED) is 0.790. The highest BCUT2D eigenvalue weighted by Gasteiger charge is 2.34. The van der Waals surface area contributed by atoms with Crippen molar-refractivity contribution in [1.29, 1.82) is 0 Å². The molecular formula is C13H22N2O4. The number of aliphatic carboxylic acids is 1. The first-order valence-corrected chi connectivity index (χ1v) is 7.02. The van der Waals surface area contributed by atoms with Crippen LogP contribution in [0.5, 0.6) is 0 Å². The second-order valence-corrected chi connectivity index (χ2v) is 5.41. The largest absolute Gasteiger partial charge is 0.481 e. The number of nitrogens with zero attached hydrogens (tertiary/aromatic N) is 2. The Morgan fingerprint density at radius 2 is 1.95 bits per heavy atom. The van der Waals surface area contributed by atoms with E-state index in [0.29, 0.717) is 26.1 Å². The van der Waals surface area contributed by atoms with Gasteiger partial charge in [-0.3, -0.25) is 4.79 Å². The summed E-state index contributed by atoms with van der Waals surface area (Å²) in [5.74, 6) is -1.27. The van der Waals surface area contributed by atoms with E-state index in [9.17, 15) is 9.59 Å². The molecule has 2 fully saturated rings. The molecule has 1 atom stereocenters. The van der Waals surface area contributed by atoms with Crippen LogP contribution in [-0.4, -0.2) is 64.3 Å². The summed E-state index contributed by atoms with van der Waals surface area (Å²) in [7, 11) is 0. The average molecular weight is 270 g/mol. The van der Waals surface area contributed by atoms with Gasteiger partial charge >= 0.3 is 12.0 Å². The number of amides is 2. The first-order valence-electron chi connectivity index (χ1n) is 7.02. The van der Waals surface area contributed by atoms with Crippen molar-refractivity contribution in [2.75, 3.05) is 26.2 Å². The molecule has 1 aliphatic heterocycles. The number of likely N-dealkylation sites (tertiary alicyclic amines) is 1. The lowest BCUT2D eigenvalue weighted by Crippen LogP contribution is -2.54. The number of carbonyl (C=O) groups is 2. The monoisotopic (exact) mass is 270 g/mol. The van der Waals surface area contributed by atoms with Gasteiger partial charge in [0.2, 0.25) is 0 Å². The van der Waals surface area contributed by atoms with Gasteiger partial charge in [-0.15, -0.1) is 0 Å². The van der Waals surface area contributed by atoms with Crippen LogP contribution >= 0.6 is 0 Å². The molecule has 0 spiro atoms. The summed E-state index contributed by atoms with van der Waals surface area (Å²) in [6.07, 6.45) is 4.48. The summed E-state index contributed by atoms with van der Waals surface area (Å²) in [4.78, 5) is 26.8. The Hall–Kier alpha value is -1.30. The molecule has 2 aliphatic rings. The molecule has 2 rings (SSSR count). The first kappa shape index (κ1) is 14.1. The molecule has 19 heavy (non-hydrogen) atoms. The van der Waals surface area contributed by atoms with Crippen molar-refractivity contribution in [3.05, 3.63) is 0 Å². The average Bonchev–Trinajstić information content (AvgIpc) is 2.35. The maximum Gasteiger partial charge on any atom is 0.320 e. The van der Waals surface area contributed by atoms with Gasteiger partial charge in [-0.2, -0.15) is 0 Å². The third-order valence-electron chi connectivity index (χ3n) is 4.14. The Kier molecular flexibility index (Phi) is 4.63. The fraction of sp³-hybridized carbons (Fsp3) is 0.846. The number of rotatable bonds is 4. The third kappa shape index (κ3) is 3.18. The molecule has 0 aromatic rings. The number of carbonyl (C=O) groups excluding carboxylic acids is 1. The van der Waals surface area contributed by atoms with Gasteiger partial charge in [-0.05, 0) is 32.1 Å². The van der Waals surface area contributed by atoms with E-state index in [0.717, 1.165) is 25.7 Å². The van der Waals surface area contributed by atoms with Crippen LogP contribution in [0.3, 0.4) is 0 Å². The standard InChI is InChI=1S/C13H22N2O4/c16-8-7-15(11-4-1-5-11)13(19)14-6-2-3-10(9-14)12(17)18/h10-11,16H,1-9H2,(H,17,18)/t10-/m1/s1. The van der Waals surface area contributed by atoms with Crippen LogP contribution in [0.15, 0.2) is 0 Å². The number of carboxylic acids is 1. The minimum Gasteiger partial charge on any atom is -0.481 e. The lowest BCUT2D eigenvalue weighted by atomic mass is 9.91. The van der Waals surface area contributed by atoms with Gasteiger partial charge in [-0.1, -0.05) is 0 Å². The van der Waals surface area contributed by atoms with E-state index in [-0.39, 0.29) is 18.7 Å². The van der Waals surface area contributed by atoms with Crippen LogP contribution in [0.1, 0.15) is 32.1 Å². The van der Waals surface area contributed by atoms with Crippen molar-refractivity contribution in [1.82, 2.24) is 9.80 Å². The topological polar surface area (TPSA) is 81.1 Å². The molecule has 0 aromatic heterocycles. The molecule has 6 nitrogen and oxygen atoms in total. The molecule has 1 heterocycles. The van der Waals surface area contributed by atoms with E-state index in [1.165, 1.54) is 0 Å². The van der Waals surface area contributed by atoms with Gasteiger partial charge in [-0.25, -0.2) is 4.79 Å². The van der Waals surface area contributed by atoms with Gasteiger partial charge in [0, 0.05) is 25.7 Å². The first-order chi connectivity index (χ1) is 9.13. The zero-order chi connectivity index (χ0) is 13.8. The third-order valence-corrected chi connectivity index (χ3v) is 4.14. The number of carboxylic acid groups (broad SMARTS) is 1. The summed E-state index contributed by atoms with van der Waals surface area (Å²) >= 11 is 0. The Morgan fingerprint density at radius 3 is 2.47 bits per heavy atom. The molecule has 1 aliphatic carbocycles. The highest BCUT2D eigenvalue weighted by Crippen LogP contribution is 2.27. The van der Waals surface area contributed by atoms with E-state index < -0.39 is 11.9 Å². The summed E-state index contributed by atoms with van der Waals surface area (Å²) < 4.78 is 0. The second kappa shape index (κ2) is 6.23. The predicted molar refractivity (Wildman–Crippen MR) is 68.8 cm³/mol. The lowest BCUT2D eigenvalue weighted by Gasteiger charge is -2.41. The molecule has 6 heteroatoms. The Labute approximate surface area is 113 Å². The zero-order valence-corrected chi connectivity index (χ0v) is 11.1. The van der Waals surface area contributed by atoms with Crippen molar-refractivity contribution in [2.45, 2.75) is 38.1 Å². The van der Waals surface area contributed by atoms with Crippen molar-refractivity contribution in [2.24, 2.45) is 5.92 Å². The predicted octanol–water partition coefficient (Wildman–Crippen LogP) is 0.750. The Bertz CT molecular complexity index is 344. The van der Waals surface area contributed by atoms with Gasteiger partial charge < -0.3 is 20.0 Å². The van der Waals surface area contributed by atoms with E-state index in [4.69, 9.17) is 10.2 Å². The molecule has 1 saturated carbocycles. The van der Waals surface area contributed by atoms with Crippen molar-refractivity contribution in [3.8, 4) is 0 Å². The maximum atomic E-state index is 12.4.